The number of allylic oxidation sites excluding steroid dienone is 2. The number of hydrogen-bond acceptors (Lipinski definition) is 15. The number of nitrogens with zero attached hydrogens (tertiary/aromatic N) is 1. The van der Waals surface area contributed by atoms with Crippen LogP contribution in [0, 0.1) is 23.7 Å². The van der Waals surface area contributed by atoms with E-state index in [1.807, 2.05) is 26.0 Å². The Morgan fingerprint density at radius 2 is 1.65 bits per heavy atom. The highest BCUT2D eigenvalue weighted by Crippen LogP contribution is 2.47. The number of aliphatic hydroxyl groups excluding tert-OH is 1. The summed E-state index contributed by atoms with van der Waals surface area (Å²) in [6.07, 6.45) is 6.35. The van der Waals surface area contributed by atoms with E-state index in [-0.39, 0.29) is 42.5 Å². The van der Waals surface area contributed by atoms with E-state index in [0.717, 1.165) is 12.0 Å². The van der Waals surface area contributed by atoms with Crippen LogP contribution in [-0.2, 0) is 52.2 Å². The molecule has 348 valence electrons. The topological polar surface area (TPSA) is 182 Å². The third kappa shape index (κ3) is 9.55. The number of ether oxygens (including phenoxy) is 10. The second kappa shape index (κ2) is 19.5. The molecule has 0 aromatic rings. The molecule has 62 heavy (non-hydrogen) atoms. The van der Waals surface area contributed by atoms with Gasteiger partial charge in [-0.25, -0.2) is 0 Å². The van der Waals surface area contributed by atoms with Gasteiger partial charge in [-0.15, -0.1) is 0 Å². The molecule has 0 saturated carbocycles. The molecule has 15 nitrogen and oxygen atoms in total. The van der Waals surface area contributed by atoms with Gasteiger partial charge in [0.15, 0.2) is 18.4 Å². The van der Waals surface area contributed by atoms with Gasteiger partial charge in [0.05, 0.1) is 49.3 Å². The molecule has 6 heterocycles. The van der Waals surface area contributed by atoms with Gasteiger partial charge >= 0.3 is 5.97 Å². The highest BCUT2D eigenvalue weighted by atomic mass is 16.7. The van der Waals surface area contributed by atoms with Crippen LogP contribution in [0.15, 0.2) is 52.3 Å². The maximum absolute atomic E-state index is 14.4. The normalized spacial score (nSPS) is 48.4. The molecule has 7 aliphatic rings. The Morgan fingerprint density at radius 1 is 0.935 bits per heavy atom. The number of carbonyl (C=O) groups is 1. The molecule has 2 bridgehead atoms. The Bertz CT molecular complexity index is 1750. The molecule has 0 radical (unpaired) electrons. The van der Waals surface area contributed by atoms with Gasteiger partial charge in [0.1, 0.15) is 41.6 Å². The molecule has 1 aliphatic carbocycles. The molecular formula is C47H71NO14. The summed E-state index contributed by atoms with van der Waals surface area (Å²) in [6, 6.07) is 0. The molecule has 1 spiro atoms. The lowest BCUT2D eigenvalue weighted by Gasteiger charge is -2.50. The van der Waals surface area contributed by atoms with Crippen LogP contribution in [-0.4, -0.2) is 139 Å². The number of methoxy groups -OCH3 is 2. The Morgan fingerprint density at radius 3 is 2.35 bits per heavy atom. The lowest BCUT2D eigenvalue weighted by molar-refractivity contribution is -0.340. The minimum atomic E-state index is -1.86. The van der Waals surface area contributed by atoms with Crippen LogP contribution in [0.5, 0.6) is 0 Å². The number of fused-ring (bicyclic) bond motifs is 2. The summed E-state index contributed by atoms with van der Waals surface area (Å²) < 4.78 is 63.8. The zero-order valence-electron chi connectivity index (χ0n) is 38.1. The quantitative estimate of drug-likeness (QED) is 0.123. The van der Waals surface area contributed by atoms with Crippen LogP contribution in [0.2, 0.25) is 0 Å². The van der Waals surface area contributed by atoms with E-state index in [1.165, 1.54) is 0 Å². The van der Waals surface area contributed by atoms with Crippen LogP contribution in [0.1, 0.15) is 100 Å². The maximum atomic E-state index is 14.4. The van der Waals surface area contributed by atoms with Crippen molar-refractivity contribution in [3.63, 3.8) is 0 Å². The van der Waals surface area contributed by atoms with Crippen molar-refractivity contribution in [2.45, 2.75) is 191 Å². The van der Waals surface area contributed by atoms with Crippen LogP contribution < -0.4 is 0 Å². The molecular weight excluding hydrogens is 803 g/mol. The molecule has 18 unspecified atom stereocenters. The number of aliphatic hydroxyl groups is 2. The van der Waals surface area contributed by atoms with E-state index in [1.54, 1.807) is 40.2 Å². The van der Waals surface area contributed by atoms with Gasteiger partial charge in [-0.3, -0.25) is 4.79 Å². The standard InChI is InChI=1S/C47H71NO14/c1-24(2)41-27(5)16-17-46(62-41)22-33-19-32(61-46)15-14-26(4)42(59-38-21-36(54-10)43(30(8)57-38)60-37-20-35(53-9)40(49)29(7)56-37)25(3)12-11-13-31-23-55-44-39(48-52)28(6)18-34(45(50)58-33)47(31,44)51/h11-14,18,24-25,27,29-30,32-38,40-44,49,51-52H,15-17,19-23H2,1-10H3/b12-11+,26-14+,31-13+,48-39+. The molecule has 7 rings (SSSR count). The average molecular weight is 874 g/mol. The zero-order chi connectivity index (χ0) is 44.7. The highest BCUT2D eigenvalue weighted by Gasteiger charge is 2.60. The van der Waals surface area contributed by atoms with Crippen LogP contribution >= 0.6 is 0 Å². The van der Waals surface area contributed by atoms with Gasteiger partial charge < -0.3 is 62.8 Å². The summed E-state index contributed by atoms with van der Waals surface area (Å²) in [7, 11) is 3.22. The average Bonchev–Trinajstić information content (AvgIpc) is 3.56. The van der Waals surface area contributed by atoms with E-state index < -0.39 is 84.7 Å². The Kier molecular flexibility index (Phi) is 14.9. The number of hydrogen-bond donors (Lipinski definition) is 3. The molecule has 6 aliphatic heterocycles. The predicted molar refractivity (Wildman–Crippen MR) is 226 cm³/mol. The third-order valence-electron chi connectivity index (χ3n) is 14.3. The van der Waals surface area contributed by atoms with E-state index in [2.05, 4.69) is 38.9 Å². The van der Waals surface area contributed by atoms with E-state index in [4.69, 9.17) is 47.4 Å². The summed E-state index contributed by atoms with van der Waals surface area (Å²) in [5.74, 6) is -2.25. The molecule has 15 heteroatoms. The number of carbonyl (C=O) groups excluding carboxylic acids is 1. The van der Waals surface area contributed by atoms with E-state index in [0.29, 0.717) is 55.6 Å². The lowest BCUT2D eigenvalue weighted by atomic mass is 9.71. The van der Waals surface area contributed by atoms with Gasteiger partial charge in [-0.05, 0) is 69.1 Å². The Balaban J connectivity index is 1.19. The third-order valence-corrected chi connectivity index (χ3v) is 14.3. The van der Waals surface area contributed by atoms with Crippen molar-refractivity contribution >= 4 is 11.7 Å². The monoisotopic (exact) mass is 873 g/mol. The van der Waals surface area contributed by atoms with Crippen LogP contribution in [0.3, 0.4) is 0 Å². The number of oxime groups is 1. The van der Waals surface area contributed by atoms with E-state index >= 15 is 0 Å². The van der Waals surface area contributed by atoms with Crippen LogP contribution in [0.25, 0.3) is 0 Å². The second-order valence-corrected chi connectivity index (χ2v) is 19.1. The molecule has 3 N–H and O–H groups in total. The van der Waals surface area contributed by atoms with Crippen molar-refractivity contribution in [2.75, 3.05) is 20.8 Å². The minimum absolute atomic E-state index is 0.0146. The van der Waals surface area contributed by atoms with Gasteiger partial charge in [0.25, 0.3) is 0 Å². The molecule has 0 aromatic carbocycles. The van der Waals surface area contributed by atoms with Gasteiger partial charge in [-0.2, -0.15) is 0 Å². The fourth-order valence-electron chi connectivity index (χ4n) is 10.8. The molecule has 0 aromatic heterocycles. The SMILES string of the molecule is COC1CC(OC2C(C)OC(OC3/C(C)=C/CC4CC(CC5(CCC(C)C(C(C)C)O5)O4)OC(=O)C4C=C(C)/C(=N\O)C5OC/C(=C\C=C\C3C)C45O)CC2OC)OC(C)C1O. The van der Waals surface area contributed by atoms with Crippen molar-refractivity contribution in [1.29, 1.82) is 0 Å². The number of rotatable bonds is 7. The first kappa shape index (κ1) is 47.4. The summed E-state index contributed by atoms with van der Waals surface area (Å²) in [5.41, 5.74) is 0.258. The summed E-state index contributed by atoms with van der Waals surface area (Å²) in [5, 5.41) is 36.6. The van der Waals surface area contributed by atoms with Crippen molar-refractivity contribution in [2.24, 2.45) is 28.8 Å². The van der Waals surface area contributed by atoms with Gasteiger partial charge in [0.2, 0.25) is 0 Å². The second-order valence-electron chi connectivity index (χ2n) is 19.1. The first-order valence-electron chi connectivity index (χ1n) is 22.7. The smallest absolute Gasteiger partial charge is 0.316 e. The highest BCUT2D eigenvalue weighted by molar-refractivity contribution is 6.06. The Labute approximate surface area is 366 Å². The molecule has 0 amide bonds. The van der Waals surface area contributed by atoms with Crippen molar-refractivity contribution in [3.05, 3.63) is 47.1 Å². The van der Waals surface area contributed by atoms with Crippen molar-refractivity contribution < 1.29 is 67.6 Å². The van der Waals surface area contributed by atoms with Crippen molar-refractivity contribution in [3.8, 4) is 0 Å². The fourth-order valence-corrected chi connectivity index (χ4v) is 10.8. The van der Waals surface area contributed by atoms with Crippen LogP contribution in [0.4, 0.5) is 0 Å². The van der Waals surface area contributed by atoms with Gasteiger partial charge in [0, 0.05) is 52.2 Å². The summed E-state index contributed by atoms with van der Waals surface area (Å²) in [4.78, 5) is 14.4. The summed E-state index contributed by atoms with van der Waals surface area (Å²) in [6.45, 7) is 16.1. The number of esters is 1. The first-order chi connectivity index (χ1) is 29.5. The fraction of sp³-hybridized carbons (Fsp3) is 0.787. The minimum Gasteiger partial charge on any atom is -0.462 e. The molecule has 18 atom stereocenters. The molecule has 5 fully saturated rings. The largest absolute Gasteiger partial charge is 0.462 e. The first-order valence-corrected chi connectivity index (χ1v) is 22.7. The lowest BCUT2D eigenvalue weighted by Crippen LogP contribution is -2.57. The van der Waals surface area contributed by atoms with E-state index in [9.17, 15) is 20.2 Å². The van der Waals surface area contributed by atoms with Gasteiger partial charge in [-0.1, -0.05) is 63.2 Å². The summed E-state index contributed by atoms with van der Waals surface area (Å²) >= 11 is 0. The predicted octanol–water partition coefficient (Wildman–Crippen LogP) is 5.68. The zero-order valence-corrected chi connectivity index (χ0v) is 38.1. The maximum Gasteiger partial charge on any atom is 0.316 e. The van der Waals surface area contributed by atoms with Crippen molar-refractivity contribution in [1.82, 2.24) is 0 Å². The molecule has 5 saturated heterocycles. The Hall–Kier alpha value is -2.54.